The van der Waals surface area contributed by atoms with E-state index in [0.717, 1.165) is 54.5 Å². The summed E-state index contributed by atoms with van der Waals surface area (Å²) in [5.74, 6) is 0.539. The van der Waals surface area contributed by atoms with E-state index in [-0.39, 0.29) is 11.8 Å². The molecule has 1 amide bonds. The highest BCUT2D eigenvalue weighted by Gasteiger charge is 2.35. The van der Waals surface area contributed by atoms with Gasteiger partial charge in [0.1, 0.15) is 11.4 Å². The average Bonchev–Trinajstić information content (AvgIpc) is 2.84. The Labute approximate surface area is 193 Å². The molecular formula is C26H24ClN3O2. The van der Waals surface area contributed by atoms with E-state index < -0.39 is 0 Å². The van der Waals surface area contributed by atoms with E-state index in [4.69, 9.17) is 16.3 Å². The number of carbonyl (C=O) groups excluding carboxylic acids is 1. The minimum Gasteiger partial charge on any atom is -0.497 e. The van der Waals surface area contributed by atoms with Gasteiger partial charge in [0.2, 0.25) is 0 Å². The van der Waals surface area contributed by atoms with Gasteiger partial charge in [0, 0.05) is 54.5 Å². The molecule has 162 valence electrons. The number of ether oxygens (including phenoxy) is 1. The van der Waals surface area contributed by atoms with Crippen LogP contribution in [0.1, 0.15) is 5.56 Å². The van der Waals surface area contributed by atoms with Crippen molar-refractivity contribution in [2.75, 3.05) is 38.2 Å². The lowest BCUT2D eigenvalue weighted by Gasteiger charge is -2.40. The summed E-state index contributed by atoms with van der Waals surface area (Å²) in [7, 11) is 1.68. The zero-order valence-electron chi connectivity index (χ0n) is 17.9. The maximum absolute atomic E-state index is 13.2. The summed E-state index contributed by atoms with van der Waals surface area (Å²) in [6.07, 6.45) is 5.64. The first-order valence-corrected chi connectivity index (χ1v) is 11.1. The van der Waals surface area contributed by atoms with Crippen molar-refractivity contribution >= 4 is 34.5 Å². The summed E-state index contributed by atoms with van der Waals surface area (Å²) in [5, 5.41) is 0.666. The quantitative estimate of drug-likeness (QED) is 0.694. The van der Waals surface area contributed by atoms with Crippen LogP contribution < -0.4 is 9.64 Å². The monoisotopic (exact) mass is 445 g/mol. The van der Waals surface area contributed by atoms with Gasteiger partial charge in [-0.15, -0.1) is 0 Å². The Hall–Kier alpha value is -3.31. The van der Waals surface area contributed by atoms with Gasteiger partial charge in [-0.2, -0.15) is 0 Å². The Balaban J connectivity index is 1.48. The Morgan fingerprint density at radius 1 is 0.969 bits per heavy atom. The van der Waals surface area contributed by atoms with E-state index >= 15 is 0 Å². The van der Waals surface area contributed by atoms with E-state index in [1.54, 1.807) is 13.2 Å². The van der Waals surface area contributed by atoms with Gasteiger partial charge in [-0.25, -0.2) is 4.99 Å². The number of halogens is 1. The van der Waals surface area contributed by atoms with Crippen molar-refractivity contribution in [1.29, 1.82) is 0 Å². The number of amides is 1. The van der Waals surface area contributed by atoms with Crippen LogP contribution in [0, 0.1) is 5.92 Å². The molecule has 0 radical (unpaired) electrons. The Bertz CT molecular complexity index is 1160. The zero-order valence-corrected chi connectivity index (χ0v) is 18.6. The second kappa shape index (κ2) is 8.67. The van der Waals surface area contributed by atoms with Gasteiger partial charge in [-0.1, -0.05) is 54.1 Å². The number of hydrogen-bond acceptors (Lipinski definition) is 4. The molecule has 0 aromatic heterocycles. The molecule has 2 aromatic carbocycles. The van der Waals surface area contributed by atoms with Gasteiger partial charge < -0.3 is 14.5 Å². The van der Waals surface area contributed by atoms with Gasteiger partial charge >= 0.3 is 0 Å². The fraction of sp³-hybridized carbons (Fsp3) is 0.231. The van der Waals surface area contributed by atoms with Crippen LogP contribution in [0.3, 0.4) is 0 Å². The molecule has 1 fully saturated rings. The molecule has 3 aliphatic rings. The summed E-state index contributed by atoms with van der Waals surface area (Å²) in [6, 6.07) is 18.2. The van der Waals surface area contributed by atoms with Crippen LogP contribution in [0.25, 0.3) is 5.57 Å². The topological polar surface area (TPSA) is 45.1 Å². The summed E-state index contributed by atoms with van der Waals surface area (Å²) < 4.78 is 5.37. The highest BCUT2D eigenvalue weighted by Crippen LogP contribution is 2.38. The second-order valence-electron chi connectivity index (χ2n) is 8.01. The molecule has 0 N–H and O–H groups in total. The number of allylic oxidation sites excluding steroid dienone is 5. The molecular weight excluding hydrogens is 422 g/mol. The molecule has 0 spiro atoms. The number of methoxy groups -OCH3 is 1. The van der Waals surface area contributed by atoms with Crippen molar-refractivity contribution in [3.05, 3.63) is 89.1 Å². The highest BCUT2D eigenvalue weighted by atomic mass is 35.5. The van der Waals surface area contributed by atoms with Gasteiger partial charge in [0.05, 0.1) is 12.8 Å². The molecule has 32 heavy (non-hydrogen) atoms. The Morgan fingerprint density at radius 2 is 1.72 bits per heavy atom. The average molecular weight is 446 g/mol. The maximum Gasteiger partial charge on any atom is 0.293 e. The first kappa shape index (κ1) is 20.6. The largest absolute Gasteiger partial charge is 0.497 e. The van der Waals surface area contributed by atoms with Crippen molar-refractivity contribution in [2.45, 2.75) is 0 Å². The number of nitrogens with zero attached hydrogens (tertiary/aromatic N) is 3. The molecule has 5 nitrogen and oxygen atoms in total. The number of hydrogen-bond donors (Lipinski definition) is 0. The normalized spacial score (nSPS) is 20.7. The number of benzene rings is 2. The minimum atomic E-state index is -0.180. The van der Waals surface area contributed by atoms with Crippen LogP contribution >= 0.6 is 11.6 Å². The Kier molecular flexibility index (Phi) is 5.58. The third kappa shape index (κ3) is 3.84. The molecule has 1 saturated heterocycles. The lowest BCUT2D eigenvalue weighted by atomic mass is 9.82. The fourth-order valence-electron chi connectivity index (χ4n) is 4.57. The number of anilines is 1. The molecule has 1 atom stereocenters. The highest BCUT2D eigenvalue weighted by molar-refractivity contribution is 6.33. The van der Waals surface area contributed by atoms with Crippen LogP contribution in [0.2, 0.25) is 0 Å². The number of piperazine rings is 1. The smallest absolute Gasteiger partial charge is 0.293 e. The van der Waals surface area contributed by atoms with Crippen molar-refractivity contribution < 1.29 is 9.53 Å². The van der Waals surface area contributed by atoms with Crippen molar-refractivity contribution in [1.82, 2.24) is 4.90 Å². The lowest BCUT2D eigenvalue weighted by Crippen LogP contribution is -2.48. The summed E-state index contributed by atoms with van der Waals surface area (Å²) in [6.45, 7) is 3.09. The molecule has 2 aromatic rings. The maximum atomic E-state index is 13.2. The molecule has 6 heteroatoms. The minimum absolute atomic E-state index is 0.126. The summed E-state index contributed by atoms with van der Waals surface area (Å²) >= 11 is 6.35. The first-order chi connectivity index (χ1) is 15.6. The van der Waals surface area contributed by atoms with Crippen molar-refractivity contribution in [2.24, 2.45) is 10.9 Å². The fourth-order valence-corrected chi connectivity index (χ4v) is 4.76. The predicted octanol–water partition coefficient (Wildman–Crippen LogP) is 4.52. The molecule has 0 saturated carbocycles. The van der Waals surface area contributed by atoms with E-state index in [2.05, 4.69) is 33.0 Å². The number of fused-ring (bicyclic) bond motifs is 1. The molecule has 1 aliphatic carbocycles. The van der Waals surface area contributed by atoms with Crippen LogP contribution in [0.15, 0.2) is 88.5 Å². The zero-order chi connectivity index (χ0) is 22.1. The standard InChI is InChI=1S/C26H24ClN3O2/c1-32-21-9-5-8-20(17-21)29-12-14-30(15-13-29)25-24(18-6-3-2-4-7-18)22-16-19(27)10-11-23(22)28-26(25)31/h2-11,16-17,22H,12-15H2,1H3. The Morgan fingerprint density at radius 3 is 2.47 bits per heavy atom. The number of carbonyl (C=O) groups is 1. The number of rotatable bonds is 4. The number of dihydropyridines is 1. The van der Waals surface area contributed by atoms with E-state index in [9.17, 15) is 4.79 Å². The van der Waals surface area contributed by atoms with Gasteiger partial charge in [-0.05, 0) is 29.8 Å². The molecule has 5 rings (SSSR count). The summed E-state index contributed by atoms with van der Waals surface area (Å²) in [4.78, 5) is 22.2. The number of aliphatic imine (C=N–C) groups is 1. The van der Waals surface area contributed by atoms with Crippen LogP contribution in [0.5, 0.6) is 5.75 Å². The van der Waals surface area contributed by atoms with Crippen LogP contribution in [-0.4, -0.2) is 49.8 Å². The lowest BCUT2D eigenvalue weighted by molar-refractivity contribution is -0.115. The SMILES string of the molecule is COc1cccc(N2CCN(C3=C(c4ccccc4)C4C=C(Cl)C=CC4=NC3=O)CC2)c1. The molecule has 0 bridgehead atoms. The van der Waals surface area contributed by atoms with E-state index in [0.29, 0.717) is 10.7 Å². The first-order valence-electron chi connectivity index (χ1n) is 10.8. The third-order valence-electron chi connectivity index (χ3n) is 6.16. The van der Waals surface area contributed by atoms with Gasteiger partial charge in [-0.3, -0.25) is 4.79 Å². The van der Waals surface area contributed by atoms with E-state index in [1.807, 2.05) is 48.6 Å². The molecule has 2 heterocycles. The second-order valence-corrected chi connectivity index (χ2v) is 8.44. The van der Waals surface area contributed by atoms with Crippen LogP contribution in [-0.2, 0) is 4.79 Å². The van der Waals surface area contributed by atoms with Gasteiger partial charge in [0.15, 0.2) is 0 Å². The predicted molar refractivity (Wildman–Crippen MR) is 129 cm³/mol. The molecule has 1 unspecified atom stereocenters. The third-order valence-corrected chi connectivity index (χ3v) is 6.41. The summed E-state index contributed by atoms with van der Waals surface area (Å²) in [5.41, 5.74) is 4.57. The van der Waals surface area contributed by atoms with Crippen molar-refractivity contribution in [3.8, 4) is 5.75 Å². The van der Waals surface area contributed by atoms with Crippen molar-refractivity contribution in [3.63, 3.8) is 0 Å². The van der Waals surface area contributed by atoms with Gasteiger partial charge in [0.25, 0.3) is 5.91 Å². The van der Waals surface area contributed by atoms with E-state index in [1.165, 1.54) is 0 Å². The van der Waals surface area contributed by atoms with Crippen LogP contribution in [0.4, 0.5) is 5.69 Å². The molecule has 2 aliphatic heterocycles.